The van der Waals surface area contributed by atoms with Crippen molar-refractivity contribution in [3.63, 3.8) is 0 Å². The number of nitrogens with one attached hydrogen (secondary N) is 2. The molecule has 1 aromatic rings. The number of rotatable bonds is 5. The Morgan fingerprint density at radius 3 is 2.55 bits per heavy atom. The summed E-state index contributed by atoms with van der Waals surface area (Å²) >= 11 is 5.76. The zero-order valence-electron chi connectivity index (χ0n) is 12.4. The first kappa shape index (κ1) is 16.3. The lowest BCUT2D eigenvalue weighted by Gasteiger charge is -2.13. The van der Waals surface area contributed by atoms with Crippen LogP contribution in [0.4, 0.5) is 10.5 Å². The van der Waals surface area contributed by atoms with Gasteiger partial charge in [-0.3, -0.25) is 14.5 Å². The molecule has 1 unspecified atom stereocenters. The molecule has 1 fully saturated rings. The molecule has 1 heterocycles. The van der Waals surface area contributed by atoms with E-state index in [0.29, 0.717) is 17.1 Å². The van der Waals surface area contributed by atoms with Gasteiger partial charge in [0.15, 0.2) is 0 Å². The molecule has 6 nitrogen and oxygen atoms in total. The van der Waals surface area contributed by atoms with E-state index in [0.717, 1.165) is 4.90 Å². The number of hydrogen-bond donors (Lipinski definition) is 2. The predicted molar refractivity (Wildman–Crippen MR) is 83.6 cm³/mol. The topological polar surface area (TPSA) is 78.5 Å². The number of hydrogen-bond acceptors (Lipinski definition) is 3. The standard InChI is InChI=1S/C15H18ClN3O3/c1-9(2)7-12-14(21)19(15(22)18-12)8-13(20)17-11-5-3-10(16)4-6-11/h3-6,9,12H,7-8H2,1-2H3,(H,17,20)(H,18,22). The summed E-state index contributed by atoms with van der Waals surface area (Å²) in [7, 11) is 0. The van der Waals surface area contributed by atoms with E-state index in [9.17, 15) is 14.4 Å². The van der Waals surface area contributed by atoms with Crippen LogP contribution < -0.4 is 10.6 Å². The summed E-state index contributed by atoms with van der Waals surface area (Å²) < 4.78 is 0. The molecular formula is C15H18ClN3O3. The van der Waals surface area contributed by atoms with Crippen molar-refractivity contribution in [2.24, 2.45) is 5.92 Å². The van der Waals surface area contributed by atoms with Gasteiger partial charge < -0.3 is 10.6 Å². The first-order valence-electron chi connectivity index (χ1n) is 7.04. The molecule has 0 aliphatic carbocycles. The Hall–Kier alpha value is -2.08. The minimum Gasteiger partial charge on any atom is -0.326 e. The Kier molecular flexibility index (Phi) is 5.03. The van der Waals surface area contributed by atoms with Gasteiger partial charge in [-0.15, -0.1) is 0 Å². The minimum atomic E-state index is -0.546. The quantitative estimate of drug-likeness (QED) is 0.816. The first-order valence-corrected chi connectivity index (χ1v) is 7.42. The average molecular weight is 324 g/mol. The van der Waals surface area contributed by atoms with Crippen molar-refractivity contribution in [2.45, 2.75) is 26.3 Å². The molecule has 0 saturated carbocycles. The monoisotopic (exact) mass is 323 g/mol. The lowest BCUT2D eigenvalue weighted by molar-refractivity contribution is -0.131. The maximum absolute atomic E-state index is 12.1. The molecule has 0 bridgehead atoms. The molecule has 2 N–H and O–H groups in total. The van der Waals surface area contributed by atoms with Crippen molar-refractivity contribution in [3.8, 4) is 0 Å². The number of urea groups is 1. The van der Waals surface area contributed by atoms with E-state index in [-0.39, 0.29) is 18.4 Å². The molecule has 0 aromatic heterocycles. The summed E-state index contributed by atoms with van der Waals surface area (Å²) in [6.45, 7) is 3.63. The van der Waals surface area contributed by atoms with Crippen molar-refractivity contribution in [1.29, 1.82) is 0 Å². The number of amides is 4. The van der Waals surface area contributed by atoms with Crippen LogP contribution >= 0.6 is 11.6 Å². The van der Waals surface area contributed by atoms with E-state index in [2.05, 4.69) is 10.6 Å². The van der Waals surface area contributed by atoms with E-state index in [1.54, 1.807) is 24.3 Å². The van der Waals surface area contributed by atoms with Gasteiger partial charge in [0.2, 0.25) is 5.91 Å². The Labute approximate surface area is 133 Å². The zero-order chi connectivity index (χ0) is 16.3. The zero-order valence-corrected chi connectivity index (χ0v) is 13.2. The summed E-state index contributed by atoms with van der Waals surface area (Å²) in [5.74, 6) is -0.516. The molecule has 0 spiro atoms. The van der Waals surface area contributed by atoms with Gasteiger partial charge in [-0.1, -0.05) is 25.4 Å². The number of carbonyl (C=O) groups is 3. The molecule has 2 rings (SSSR count). The lowest BCUT2D eigenvalue weighted by atomic mass is 10.0. The third-order valence-corrected chi connectivity index (χ3v) is 3.50. The van der Waals surface area contributed by atoms with Crippen molar-refractivity contribution in [3.05, 3.63) is 29.3 Å². The second-order valence-electron chi connectivity index (χ2n) is 5.61. The SMILES string of the molecule is CC(C)CC1NC(=O)N(CC(=O)Nc2ccc(Cl)cc2)C1=O. The highest BCUT2D eigenvalue weighted by molar-refractivity contribution is 6.30. The predicted octanol–water partition coefficient (Wildman–Crippen LogP) is 2.25. The van der Waals surface area contributed by atoms with Crippen LogP contribution in [0.1, 0.15) is 20.3 Å². The molecule has 22 heavy (non-hydrogen) atoms. The number of carbonyl (C=O) groups excluding carboxylic acids is 3. The maximum atomic E-state index is 12.1. The van der Waals surface area contributed by atoms with Crippen molar-refractivity contribution in [2.75, 3.05) is 11.9 Å². The van der Waals surface area contributed by atoms with Crippen LogP contribution in [-0.4, -0.2) is 35.3 Å². The van der Waals surface area contributed by atoms with Gasteiger partial charge in [-0.2, -0.15) is 0 Å². The highest BCUT2D eigenvalue weighted by atomic mass is 35.5. The van der Waals surface area contributed by atoms with Crippen molar-refractivity contribution >= 4 is 35.1 Å². The van der Waals surface area contributed by atoms with Crippen LogP contribution in [0.3, 0.4) is 0 Å². The van der Waals surface area contributed by atoms with Gasteiger partial charge >= 0.3 is 6.03 Å². The van der Waals surface area contributed by atoms with Crippen molar-refractivity contribution < 1.29 is 14.4 Å². The van der Waals surface area contributed by atoms with Crippen LogP contribution in [0.2, 0.25) is 5.02 Å². The molecule has 1 saturated heterocycles. The first-order chi connectivity index (χ1) is 10.4. The van der Waals surface area contributed by atoms with E-state index in [1.165, 1.54) is 0 Å². The molecular weight excluding hydrogens is 306 g/mol. The fraction of sp³-hybridized carbons (Fsp3) is 0.400. The Morgan fingerprint density at radius 1 is 1.32 bits per heavy atom. The fourth-order valence-corrected chi connectivity index (χ4v) is 2.36. The molecule has 1 atom stereocenters. The summed E-state index contributed by atoms with van der Waals surface area (Å²) in [6, 6.07) is 5.51. The van der Waals surface area contributed by atoms with Crippen LogP contribution in [0.25, 0.3) is 0 Å². The third kappa shape index (κ3) is 3.98. The summed E-state index contributed by atoms with van der Waals surface area (Å²) in [6.07, 6.45) is 0.555. The van der Waals surface area contributed by atoms with Crippen LogP contribution in [0, 0.1) is 5.92 Å². The van der Waals surface area contributed by atoms with E-state index in [1.807, 2.05) is 13.8 Å². The molecule has 7 heteroatoms. The highest BCUT2D eigenvalue weighted by Gasteiger charge is 2.38. The summed E-state index contributed by atoms with van der Waals surface area (Å²) in [5, 5.41) is 5.78. The number of nitrogens with zero attached hydrogens (tertiary/aromatic N) is 1. The molecule has 0 radical (unpaired) electrons. The van der Waals surface area contributed by atoms with Gasteiger partial charge in [0.1, 0.15) is 12.6 Å². The Morgan fingerprint density at radius 2 is 1.95 bits per heavy atom. The summed E-state index contributed by atoms with van der Waals surface area (Å²) in [4.78, 5) is 36.8. The van der Waals surface area contributed by atoms with Crippen molar-refractivity contribution in [1.82, 2.24) is 10.2 Å². The fourth-order valence-electron chi connectivity index (χ4n) is 2.24. The number of halogens is 1. The molecule has 1 aliphatic rings. The maximum Gasteiger partial charge on any atom is 0.325 e. The van der Waals surface area contributed by atoms with Gasteiger partial charge in [0.25, 0.3) is 5.91 Å². The average Bonchev–Trinajstić information content (AvgIpc) is 2.68. The molecule has 1 aromatic carbocycles. The number of benzene rings is 1. The van der Waals surface area contributed by atoms with Crippen LogP contribution in [-0.2, 0) is 9.59 Å². The van der Waals surface area contributed by atoms with Gasteiger partial charge in [-0.25, -0.2) is 4.79 Å². The van der Waals surface area contributed by atoms with Gasteiger partial charge in [0.05, 0.1) is 0 Å². The Bertz CT molecular complexity index is 586. The highest BCUT2D eigenvalue weighted by Crippen LogP contribution is 2.15. The normalized spacial score (nSPS) is 17.8. The second kappa shape index (κ2) is 6.79. The lowest BCUT2D eigenvalue weighted by Crippen LogP contribution is -2.38. The third-order valence-electron chi connectivity index (χ3n) is 3.24. The smallest absolute Gasteiger partial charge is 0.325 e. The molecule has 118 valence electrons. The largest absolute Gasteiger partial charge is 0.326 e. The van der Waals surface area contributed by atoms with Gasteiger partial charge in [0, 0.05) is 10.7 Å². The van der Waals surface area contributed by atoms with Gasteiger partial charge in [-0.05, 0) is 36.6 Å². The van der Waals surface area contributed by atoms with E-state index >= 15 is 0 Å². The second-order valence-corrected chi connectivity index (χ2v) is 6.05. The molecule has 1 aliphatic heterocycles. The molecule has 4 amide bonds. The van der Waals surface area contributed by atoms with E-state index in [4.69, 9.17) is 11.6 Å². The number of anilines is 1. The van der Waals surface area contributed by atoms with Crippen LogP contribution in [0.5, 0.6) is 0 Å². The summed E-state index contributed by atoms with van der Waals surface area (Å²) in [5.41, 5.74) is 0.556. The van der Waals surface area contributed by atoms with Crippen LogP contribution in [0.15, 0.2) is 24.3 Å². The Balaban J connectivity index is 1.95. The number of imide groups is 1. The van der Waals surface area contributed by atoms with E-state index < -0.39 is 18.0 Å². The minimum absolute atomic E-state index is 0.275.